The summed E-state index contributed by atoms with van der Waals surface area (Å²) in [5, 5.41) is 7.16. The second-order valence-corrected chi connectivity index (χ2v) is 9.10. The summed E-state index contributed by atoms with van der Waals surface area (Å²) in [6.07, 6.45) is 0. The molecule has 2 rings (SSSR count). The van der Waals surface area contributed by atoms with Crippen LogP contribution in [-0.2, 0) is 28.9 Å². The molecule has 0 saturated heterocycles. The van der Waals surface area contributed by atoms with Crippen LogP contribution in [0.5, 0.6) is 0 Å². The van der Waals surface area contributed by atoms with Crippen LogP contribution in [0.1, 0.15) is 37.5 Å². The van der Waals surface area contributed by atoms with Crippen molar-refractivity contribution in [1.82, 2.24) is 15.4 Å². The highest BCUT2D eigenvalue weighted by Crippen LogP contribution is 2.16. The Morgan fingerprint density at radius 2 is 1.60 bits per heavy atom. The van der Waals surface area contributed by atoms with E-state index in [0.717, 1.165) is 16.7 Å². The average molecular weight is 565 g/mol. The number of benzene rings is 2. The summed E-state index contributed by atoms with van der Waals surface area (Å²) in [6, 6.07) is 15.0. The van der Waals surface area contributed by atoms with Crippen molar-refractivity contribution < 1.29 is 8.42 Å². The molecule has 0 aliphatic heterocycles. The second-order valence-electron chi connectivity index (χ2n) is 6.94. The van der Waals surface area contributed by atoms with Crippen LogP contribution in [0.4, 0.5) is 0 Å². The summed E-state index contributed by atoms with van der Waals surface area (Å²) in [4.78, 5) is 4.58. The Morgan fingerprint density at radius 1 is 1.00 bits per heavy atom. The van der Waals surface area contributed by atoms with Crippen LogP contribution < -0.4 is 15.4 Å². The first-order valence-electron chi connectivity index (χ1n) is 9.63. The Hall–Kier alpha value is -1.36. The molecule has 6 nitrogen and oxygen atoms in total. The van der Waals surface area contributed by atoms with Gasteiger partial charge in [0, 0.05) is 24.2 Å². The van der Waals surface area contributed by atoms with E-state index >= 15 is 0 Å². The molecule has 0 unspecified atom stereocenters. The van der Waals surface area contributed by atoms with Gasteiger partial charge >= 0.3 is 0 Å². The second kappa shape index (κ2) is 13.1. The van der Waals surface area contributed by atoms with Crippen LogP contribution in [0.25, 0.3) is 0 Å². The Labute approximate surface area is 202 Å². The quantitative estimate of drug-likeness (QED) is 0.244. The van der Waals surface area contributed by atoms with Crippen molar-refractivity contribution >= 4 is 51.6 Å². The molecular formula is C21H30ClIN4O2S. The van der Waals surface area contributed by atoms with Gasteiger partial charge in [0.1, 0.15) is 0 Å². The van der Waals surface area contributed by atoms with Crippen molar-refractivity contribution in [3.63, 3.8) is 0 Å². The van der Waals surface area contributed by atoms with E-state index in [1.165, 1.54) is 0 Å². The fraction of sp³-hybridized carbons (Fsp3) is 0.381. The number of nitrogens with zero attached hydrogens (tertiary/aromatic N) is 1. The van der Waals surface area contributed by atoms with Gasteiger partial charge in [-0.05, 0) is 43.5 Å². The molecule has 2 aromatic carbocycles. The molecule has 9 heteroatoms. The summed E-state index contributed by atoms with van der Waals surface area (Å²) < 4.78 is 27.3. The minimum absolute atomic E-state index is 0. The lowest BCUT2D eigenvalue weighted by molar-refractivity contribution is 0.568. The van der Waals surface area contributed by atoms with Crippen LogP contribution in [0.15, 0.2) is 53.5 Å². The van der Waals surface area contributed by atoms with Gasteiger partial charge in [-0.2, -0.15) is 0 Å². The molecule has 0 bridgehead atoms. The highest BCUT2D eigenvalue weighted by molar-refractivity contribution is 14.0. The topological polar surface area (TPSA) is 82.6 Å². The summed E-state index contributed by atoms with van der Waals surface area (Å²) in [6.45, 7) is 7.23. The number of hydrogen-bond acceptors (Lipinski definition) is 3. The molecule has 0 aliphatic carbocycles. The SMILES string of the molecule is CCNC(=NCc1ccccc1Cl)NCc1ccccc1CS(=O)(=O)NC(C)C.I. The van der Waals surface area contributed by atoms with Crippen molar-refractivity contribution in [2.45, 2.75) is 45.7 Å². The van der Waals surface area contributed by atoms with Gasteiger partial charge in [0.05, 0.1) is 12.3 Å². The molecule has 0 heterocycles. The van der Waals surface area contributed by atoms with E-state index in [2.05, 4.69) is 20.3 Å². The van der Waals surface area contributed by atoms with E-state index in [-0.39, 0.29) is 35.8 Å². The average Bonchev–Trinajstić information content (AvgIpc) is 2.65. The Balaban J connectivity index is 0.00000450. The van der Waals surface area contributed by atoms with Crippen molar-refractivity contribution in [1.29, 1.82) is 0 Å². The van der Waals surface area contributed by atoms with E-state index < -0.39 is 10.0 Å². The maximum atomic E-state index is 12.3. The predicted molar refractivity (Wildman–Crippen MR) is 136 cm³/mol. The number of halogens is 2. The molecule has 3 N–H and O–H groups in total. The van der Waals surface area contributed by atoms with E-state index in [1.54, 1.807) is 0 Å². The number of sulfonamides is 1. The lowest BCUT2D eigenvalue weighted by Crippen LogP contribution is -2.37. The monoisotopic (exact) mass is 564 g/mol. The highest BCUT2D eigenvalue weighted by atomic mass is 127. The first kappa shape index (κ1) is 26.7. The molecule has 0 atom stereocenters. The zero-order valence-electron chi connectivity index (χ0n) is 17.5. The van der Waals surface area contributed by atoms with Gasteiger partial charge in [-0.1, -0.05) is 54.1 Å². The fourth-order valence-corrected chi connectivity index (χ4v) is 4.48. The molecule has 2 aromatic rings. The van der Waals surface area contributed by atoms with Gasteiger partial charge in [0.15, 0.2) is 5.96 Å². The zero-order valence-corrected chi connectivity index (χ0v) is 21.4. The molecule has 0 aliphatic rings. The van der Waals surface area contributed by atoms with Crippen molar-refractivity contribution in [3.8, 4) is 0 Å². The van der Waals surface area contributed by atoms with Crippen molar-refractivity contribution in [2.24, 2.45) is 4.99 Å². The van der Waals surface area contributed by atoms with Crippen LogP contribution in [0, 0.1) is 0 Å². The maximum absolute atomic E-state index is 12.3. The number of rotatable bonds is 9. The van der Waals surface area contributed by atoms with E-state index in [4.69, 9.17) is 11.6 Å². The maximum Gasteiger partial charge on any atom is 0.216 e. The molecule has 30 heavy (non-hydrogen) atoms. The number of aliphatic imine (C=N–C) groups is 1. The first-order valence-corrected chi connectivity index (χ1v) is 11.7. The standard InChI is InChI=1S/C21H29ClN4O2S.HI/c1-4-23-21(25-14-18-10-7-8-12-20(18)22)24-13-17-9-5-6-11-19(17)15-29(27,28)26-16(2)3;/h5-12,16,26H,4,13-15H2,1-3H3,(H2,23,24,25);1H. The summed E-state index contributed by atoms with van der Waals surface area (Å²) >= 11 is 6.20. The highest BCUT2D eigenvalue weighted by Gasteiger charge is 2.15. The predicted octanol–water partition coefficient (Wildman–Crippen LogP) is 4.04. The molecule has 0 spiro atoms. The van der Waals surface area contributed by atoms with Gasteiger partial charge in [-0.25, -0.2) is 18.1 Å². The Morgan fingerprint density at radius 3 is 2.20 bits per heavy atom. The summed E-state index contributed by atoms with van der Waals surface area (Å²) in [5.41, 5.74) is 2.61. The fourth-order valence-electron chi connectivity index (χ4n) is 2.79. The number of guanidine groups is 1. The van der Waals surface area contributed by atoms with Crippen molar-refractivity contribution in [2.75, 3.05) is 6.54 Å². The summed E-state index contributed by atoms with van der Waals surface area (Å²) in [7, 11) is -3.39. The van der Waals surface area contributed by atoms with E-state index in [0.29, 0.717) is 30.6 Å². The molecule has 0 saturated carbocycles. The first-order chi connectivity index (χ1) is 13.8. The molecule has 166 valence electrons. The van der Waals surface area contributed by atoms with Gasteiger partial charge in [0.25, 0.3) is 0 Å². The number of nitrogens with one attached hydrogen (secondary N) is 3. The molecule has 0 radical (unpaired) electrons. The summed E-state index contributed by atoms with van der Waals surface area (Å²) in [5.74, 6) is 0.585. The molecule has 0 aromatic heterocycles. The normalized spacial score (nSPS) is 11.8. The minimum Gasteiger partial charge on any atom is -0.357 e. The smallest absolute Gasteiger partial charge is 0.216 e. The Bertz CT molecular complexity index is 936. The largest absolute Gasteiger partial charge is 0.357 e. The van der Waals surface area contributed by atoms with Crippen LogP contribution in [0.3, 0.4) is 0 Å². The molecule has 0 amide bonds. The molecular weight excluding hydrogens is 535 g/mol. The van der Waals surface area contributed by atoms with Crippen LogP contribution >= 0.6 is 35.6 Å². The van der Waals surface area contributed by atoms with Gasteiger partial charge < -0.3 is 10.6 Å². The minimum atomic E-state index is -3.39. The lowest BCUT2D eigenvalue weighted by atomic mass is 10.1. The van der Waals surface area contributed by atoms with Crippen LogP contribution in [0.2, 0.25) is 5.02 Å². The van der Waals surface area contributed by atoms with Crippen molar-refractivity contribution in [3.05, 3.63) is 70.2 Å². The molecule has 0 fully saturated rings. The lowest BCUT2D eigenvalue weighted by Gasteiger charge is -2.15. The van der Waals surface area contributed by atoms with Gasteiger partial charge in [0.2, 0.25) is 10.0 Å². The third kappa shape index (κ3) is 9.20. The van der Waals surface area contributed by atoms with E-state index in [9.17, 15) is 8.42 Å². The van der Waals surface area contributed by atoms with E-state index in [1.807, 2.05) is 69.3 Å². The third-order valence-corrected chi connectivity index (χ3v) is 5.93. The van der Waals surface area contributed by atoms with Gasteiger partial charge in [-0.3, -0.25) is 0 Å². The van der Waals surface area contributed by atoms with Crippen LogP contribution in [-0.4, -0.2) is 27.0 Å². The zero-order chi connectivity index (χ0) is 21.3. The number of hydrogen-bond donors (Lipinski definition) is 3. The third-order valence-electron chi connectivity index (χ3n) is 4.04. The Kier molecular flexibility index (Phi) is 11.7. The van der Waals surface area contributed by atoms with Gasteiger partial charge in [-0.15, -0.1) is 24.0 Å².